The van der Waals surface area contributed by atoms with Crippen LogP contribution in [0.2, 0.25) is 5.02 Å². The van der Waals surface area contributed by atoms with E-state index in [1.165, 1.54) is 18.2 Å². The lowest BCUT2D eigenvalue weighted by Crippen LogP contribution is -2.38. The summed E-state index contributed by atoms with van der Waals surface area (Å²) in [5, 5.41) is 3.61. The molecule has 3 rings (SSSR count). The van der Waals surface area contributed by atoms with Gasteiger partial charge in [-0.1, -0.05) is 17.7 Å². The Hall–Kier alpha value is -2.60. The maximum absolute atomic E-state index is 13.3. The van der Waals surface area contributed by atoms with Crippen molar-refractivity contribution in [3.8, 4) is 0 Å². The third-order valence-corrected chi connectivity index (χ3v) is 4.17. The van der Waals surface area contributed by atoms with Crippen LogP contribution >= 0.6 is 11.6 Å². The number of hydrogen-bond acceptors (Lipinski definition) is 2. The molecule has 0 spiro atoms. The number of hydrogen-bond donors (Lipinski definition) is 1. The van der Waals surface area contributed by atoms with Crippen molar-refractivity contribution in [3.63, 3.8) is 0 Å². The summed E-state index contributed by atoms with van der Waals surface area (Å²) in [6.45, 7) is 5.55. The second-order valence-corrected chi connectivity index (χ2v) is 7.50. The number of nitrogens with zero attached hydrogens (tertiary/aromatic N) is 2. The zero-order valence-corrected chi connectivity index (χ0v) is 15.5. The van der Waals surface area contributed by atoms with Gasteiger partial charge in [-0.05, 0) is 57.2 Å². The molecular weight excluding hydrogens is 357 g/mol. The fourth-order valence-corrected chi connectivity index (χ4v) is 3.12. The van der Waals surface area contributed by atoms with Gasteiger partial charge in [-0.15, -0.1) is 0 Å². The summed E-state index contributed by atoms with van der Waals surface area (Å²) >= 11 is 6.08. The highest BCUT2D eigenvalue weighted by Gasteiger charge is 2.24. The van der Waals surface area contributed by atoms with Crippen LogP contribution in [-0.4, -0.2) is 15.3 Å². The molecule has 5 nitrogen and oxygen atoms in total. The molecule has 1 heterocycles. The lowest BCUT2D eigenvalue weighted by molar-refractivity contribution is -0.117. The third-order valence-electron chi connectivity index (χ3n) is 3.94. The van der Waals surface area contributed by atoms with Gasteiger partial charge in [0.15, 0.2) is 0 Å². The minimum absolute atomic E-state index is 0.104. The molecule has 136 valence electrons. The van der Waals surface area contributed by atoms with Crippen molar-refractivity contribution < 1.29 is 9.18 Å². The van der Waals surface area contributed by atoms with Crippen molar-refractivity contribution in [3.05, 3.63) is 63.7 Å². The van der Waals surface area contributed by atoms with Crippen LogP contribution in [0.15, 0.2) is 47.3 Å². The van der Waals surface area contributed by atoms with Crippen LogP contribution in [0.5, 0.6) is 0 Å². The maximum atomic E-state index is 13.3. The van der Waals surface area contributed by atoms with Gasteiger partial charge in [0.05, 0.1) is 16.4 Å². The largest absolute Gasteiger partial charge is 0.324 e. The van der Waals surface area contributed by atoms with Crippen LogP contribution in [0, 0.1) is 5.82 Å². The molecule has 7 heteroatoms. The molecule has 2 aromatic carbocycles. The number of rotatable bonds is 3. The van der Waals surface area contributed by atoms with Crippen LogP contribution in [0.25, 0.3) is 10.9 Å². The summed E-state index contributed by atoms with van der Waals surface area (Å²) in [5.41, 5.74) is 0.200. The van der Waals surface area contributed by atoms with E-state index in [0.29, 0.717) is 21.6 Å². The summed E-state index contributed by atoms with van der Waals surface area (Å²) in [7, 11) is 0. The fourth-order valence-electron chi connectivity index (χ4n) is 2.96. The Morgan fingerprint density at radius 1 is 1.19 bits per heavy atom. The standard InChI is InChI=1S/C19H19ClFN3O2/c1-19(2,3)24-18(26)15-8-7-12(20)9-16(15)23(24)11-17(25)22-14-6-4-5-13(21)10-14/h4-10H,11H2,1-3H3,(H,22,25). The number of aromatic nitrogens is 2. The molecule has 26 heavy (non-hydrogen) atoms. The number of fused-ring (bicyclic) bond motifs is 1. The molecule has 1 aromatic heterocycles. The summed E-state index contributed by atoms with van der Waals surface area (Å²) in [5.74, 6) is -0.807. The number of halogens is 2. The predicted octanol–water partition coefficient (Wildman–Crippen LogP) is 3.99. The highest BCUT2D eigenvalue weighted by Crippen LogP contribution is 2.22. The number of anilines is 1. The van der Waals surface area contributed by atoms with Crippen LogP contribution in [-0.2, 0) is 16.9 Å². The minimum Gasteiger partial charge on any atom is -0.324 e. The highest BCUT2D eigenvalue weighted by atomic mass is 35.5. The Bertz CT molecular complexity index is 1050. The van der Waals surface area contributed by atoms with E-state index < -0.39 is 11.4 Å². The lowest BCUT2D eigenvalue weighted by atomic mass is 10.1. The molecule has 0 aliphatic rings. The van der Waals surface area contributed by atoms with Crippen molar-refractivity contribution >= 4 is 34.1 Å². The number of amides is 1. The number of carbonyl (C=O) groups excluding carboxylic acids is 1. The molecule has 0 aliphatic heterocycles. The van der Waals surface area contributed by atoms with Gasteiger partial charge in [0.25, 0.3) is 5.56 Å². The monoisotopic (exact) mass is 375 g/mol. The fraction of sp³-hybridized carbons (Fsp3) is 0.263. The van der Waals surface area contributed by atoms with E-state index in [1.54, 1.807) is 33.6 Å². The Morgan fingerprint density at radius 3 is 2.58 bits per heavy atom. The zero-order valence-electron chi connectivity index (χ0n) is 14.7. The van der Waals surface area contributed by atoms with E-state index in [2.05, 4.69) is 5.32 Å². The van der Waals surface area contributed by atoms with Crippen LogP contribution in [0.4, 0.5) is 10.1 Å². The zero-order chi connectivity index (χ0) is 19.1. The van der Waals surface area contributed by atoms with Gasteiger partial charge in [0.2, 0.25) is 5.91 Å². The first-order valence-corrected chi connectivity index (χ1v) is 8.51. The summed E-state index contributed by atoms with van der Waals surface area (Å²) in [6.07, 6.45) is 0. The van der Waals surface area contributed by atoms with E-state index in [1.807, 2.05) is 20.8 Å². The van der Waals surface area contributed by atoms with Crippen LogP contribution < -0.4 is 10.9 Å². The average molecular weight is 376 g/mol. The third kappa shape index (κ3) is 3.51. The van der Waals surface area contributed by atoms with Gasteiger partial charge < -0.3 is 5.32 Å². The van der Waals surface area contributed by atoms with Gasteiger partial charge in [0, 0.05) is 10.7 Å². The van der Waals surface area contributed by atoms with E-state index >= 15 is 0 Å². The number of nitrogens with one attached hydrogen (secondary N) is 1. The van der Waals surface area contributed by atoms with E-state index in [4.69, 9.17) is 11.6 Å². The minimum atomic E-state index is -0.540. The Balaban J connectivity index is 2.04. The highest BCUT2D eigenvalue weighted by molar-refractivity contribution is 6.31. The SMILES string of the molecule is CC(C)(C)n1c(=O)c2ccc(Cl)cc2n1CC(=O)Nc1cccc(F)c1. The quantitative estimate of drug-likeness (QED) is 0.752. The first-order valence-electron chi connectivity index (χ1n) is 8.14. The molecule has 3 aromatic rings. The van der Waals surface area contributed by atoms with E-state index in [9.17, 15) is 14.0 Å². The van der Waals surface area contributed by atoms with Gasteiger partial charge >= 0.3 is 0 Å². The molecule has 1 N–H and O–H groups in total. The van der Waals surface area contributed by atoms with Crippen molar-refractivity contribution in [2.24, 2.45) is 0 Å². The summed E-state index contributed by atoms with van der Waals surface area (Å²) in [6, 6.07) is 10.6. The van der Waals surface area contributed by atoms with Gasteiger partial charge in [-0.3, -0.25) is 14.3 Å². The predicted molar refractivity (Wildman–Crippen MR) is 101 cm³/mol. The van der Waals surface area contributed by atoms with Crippen LogP contribution in [0.3, 0.4) is 0 Å². The van der Waals surface area contributed by atoms with E-state index in [0.717, 1.165) is 0 Å². The Kier molecular flexibility index (Phi) is 4.63. The average Bonchev–Trinajstić information content (AvgIpc) is 2.79. The molecule has 0 radical (unpaired) electrons. The lowest BCUT2D eigenvalue weighted by Gasteiger charge is -2.24. The normalized spacial score (nSPS) is 11.7. The second kappa shape index (κ2) is 6.61. The van der Waals surface area contributed by atoms with Crippen LogP contribution in [0.1, 0.15) is 20.8 Å². The molecule has 0 saturated heterocycles. The summed E-state index contributed by atoms with van der Waals surface area (Å²) in [4.78, 5) is 25.3. The topological polar surface area (TPSA) is 56.0 Å². The molecule has 1 amide bonds. The molecular formula is C19H19ClFN3O2. The van der Waals surface area contributed by atoms with Crippen molar-refractivity contribution in [2.45, 2.75) is 32.9 Å². The van der Waals surface area contributed by atoms with Crippen molar-refractivity contribution in [1.29, 1.82) is 0 Å². The molecule has 0 fully saturated rings. The summed E-state index contributed by atoms with van der Waals surface area (Å²) < 4.78 is 16.5. The van der Waals surface area contributed by atoms with Crippen molar-refractivity contribution in [2.75, 3.05) is 5.32 Å². The molecule has 0 bridgehead atoms. The maximum Gasteiger partial charge on any atom is 0.275 e. The number of benzene rings is 2. The molecule has 0 unspecified atom stereocenters. The van der Waals surface area contributed by atoms with Crippen molar-refractivity contribution in [1.82, 2.24) is 9.36 Å². The second-order valence-electron chi connectivity index (χ2n) is 7.07. The first-order chi connectivity index (χ1) is 12.2. The number of carbonyl (C=O) groups is 1. The Morgan fingerprint density at radius 2 is 1.92 bits per heavy atom. The molecule has 0 saturated carbocycles. The first kappa shape index (κ1) is 18.2. The van der Waals surface area contributed by atoms with Gasteiger partial charge in [-0.25, -0.2) is 9.07 Å². The molecule has 0 atom stereocenters. The van der Waals surface area contributed by atoms with E-state index in [-0.39, 0.29) is 18.0 Å². The molecule has 0 aliphatic carbocycles. The smallest absolute Gasteiger partial charge is 0.275 e. The van der Waals surface area contributed by atoms with Gasteiger partial charge in [-0.2, -0.15) is 0 Å². The van der Waals surface area contributed by atoms with Gasteiger partial charge in [0.1, 0.15) is 12.4 Å². The Labute approximate surface area is 155 Å².